The van der Waals surface area contributed by atoms with Crippen LogP contribution in [0, 0.1) is 0 Å². The lowest BCUT2D eigenvalue weighted by Crippen LogP contribution is -2.48. The van der Waals surface area contributed by atoms with E-state index in [4.69, 9.17) is 5.11 Å². The van der Waals surface area contributed by atoms with Crippen LogP contribution in [0.2, 0.25) is 0 Å². The molecule has 0 aliphatic carbocycles. The molecule has 1 aromatic heterocycles. The van der Waals surface area contributed by atoms with Crippen molar-refractivity contribution >= 4 is 17.3 Å². The molecule has 0 saturated heterocycles. The lowest BCUT2D eigenvalue weighted by atomic mass is 9.99. The molecule has 0 aliphatic heterocycles. The van der Waals surface area contributed by atoms with Crippen molar-refractivity contribution in [1.29, 1.82) is 0 Å². The fourth-order valence-electron chi connectivity index (χ4n) is 1.40. The number of hydrogen-bond donors (Lipinski definition) is 2. The molecule has 0 amide bonds. The van der Waals surface area contributed by atoms with Gasteiger partial charge in [-0.3, -0.25) is 10.1 Å². The summed E-state index contributed by atoms with van der Waals surface area (Å²) in [5.74, 6) is -0.816. The molecule has 5 heteroatoms. The van der Waals surface area contributed by atoms with Crippen LogP contribution >= 0.6 is 11.3 Å². The van der Waals surface area contributed by atoms with Gasteiger partial charge in [0, 0.05) is 11.9 Å². The van der Waals surface area contributed by atoms with Gasteiger partial charge in [-0.25, -0.2) is 4.98 Å². The van der Waals surface area contributed by atoms with Crippen LogP contribution < -0.4 is 5.32 Å². The number of nitrogens with zero attached hydrogens (tertiary/aromatic N) is 1. The molecule has 1 rings (SSSR count). The standard InChI is InChI=1S/C12H20N2O2S/c1-4-6-10-14-9(8-17-10)7-13-12(3,5-2)11(15)16/h8,13H,4-7H2,1-3H3,(H,15,16). The lowest BCUT2D eigenvalue weighted by molar-refractivity contribution is -0.144. The van der Waals surface area contributed by atoms with E-state index in [1.807, 2.05) is 12.3 Å². The predicted molar refractivity (Wildman–Crippen MR) is 69.3 cm³/mol. The second kappa shape index (κ2) is 6.12. The quantitative estimate of drug-likeness (QED) is 0.786. The summed E-state index contributed by atoms with van der Waals surface area (Å²) in [6.45, 7) is 6.20. The summed E-state index contributed by atoms with van der Waals surface area (Å²) < 4.78 is 0. The molecule has 1 unspecified atom stereocenters. The summed E-state index contributed by atoms with van der Waals surface area (Å²) in [5, 5.41) is 15.3. The number of carboxylic acids is 1. The third-order valence-electron chi connectivity index (χ3n) is 2.90. The molecular weight excluding hydrogens is 236 g/mol. The minimum atomic E-state index is -0.867. The summed E-state index contributed by atoms with van der Waals surface area (Å²) in [7, 11) is 0. The van der Waals surface area contributed by atoms with Gasteiger partial charge in [0.2, 0.25) is 0 Å². The van der Waals surface area contributed by atoms with Gasteiger partial charge in [-0.15, -0.1) is 11.3 Å². The zero-order chi connectivity index (χ0) is 12.9. The smallest absolute Gasteiger partial charge is 0.323 e. The van der Waals surface area contributed by atoms with E-state index in [2.05, 4.69) is 17.2 Å². The van der Waals surface area contributed by atoms with Crippen molar-refractivity contribution in [3.05, 3.63) is 16.1 Å². The molecule has 2 N–H and O–H groups in total. The van der Waals surface area contributed by atoms with Gasteiger partial charge >= 0.3 is 5.97 Å². The molecule has 0 radical (unpaired) electrons. The monoisotopic (exact) mass is 256 g/mol. The Hall–Kier alpha value is -0.940. The minimum Gasteiger partial charge on any atom is -0.480 e. The van der Waals surface area contributed by atoms with Gasteiger partial charge in [0.05, 0.1) is 10.7 Å². The van der Waals surface area contributed by atoms with E-state index in [0.717, 1.165) is 23.5 Å². The third-order valence-corrected chi connectivity index (χ3v) is 3.86. The number of hydrogen-bond acceptors (Lipinski definition) is 4. The van der Waals surface area contributed by atoms with Crippen molar-refractivity contribution in [3.8, 4) is 0 Å². The van der Waals surface area contributed by atoms with Crippen molar-refractivity contribution in [3.63, 3.8) is 0 Å². The first kappa shape index (κ1) is 14.1. The number of carbonyl (C=O) groups is 1. The Morgan fingerprint density at radius 3 is 2.82 bits per heavy atom. The average Bonchev–Trinajstić information content (AvgIpc) is 2.74. The van der Waals surface area contributed by atoms with Crippen LogP contribution in [0.3, 0.4) is 0 Å². The molecule has 0 bridgehead atoms. The Bertz CT molecular complexity index is 378. The largest absolute Gasteiger partial charge is 0.480 e. The summed E-state index contributed by atoms with van der Waals surface area (Å²) in [5.41, 5.74) is 0.0634. The molecule has 0 fully saturated rings. The number of carboxylic acid groups (broad SMARTS) is 1. The molecule has 1 atom stereocenters. The molecule has 0 aromatic carbocycles. The van der Waals surface area contributed by atoms with Crippen LogP contribution in [0.1, 0.15) is 44.3 Å². The third kappa shape index (κ3) is 3.78. The van der Waals surface area contributed by atoms with Crippen molar-refractivity contribution < 1.29 is 9.90 Å². The molecule has 1 heterocycles. The Morgan fingerprint density at radius 1 is 1.59 bits per heavy atom. The molecule has 0 aliphatic rings. The van der Waals surface area contributed by atoms with Gasteiger partial charge in [-0.1, -0.05) is 13.8 Å². The van der Waals surface area contributed by atoms with Gasteiger partial charge in [0.15, 0.2) is 0 Å². The molecule has 0 saturated carbocycles. The molecular formula is C12H20N2O2S. The molecule has 96 valence electrons. The van der Waals surface area contributed by atoms with Gasteiger partial charge in [0.1, 0.15) is 5.54 Å². The zero-order valence-corrected chi connectivity index (χ0v) is 11.4. The van der Waals surface area contributed by atoms with Gasteiger partial charge in [-0.2, -0.15) is 0 Å². The van der Waals surface area contributed by atoms with Gasteiger partial charge < -0.3 is 5.11 Å². The Kier molecular flexibility index (Phi) is 5.08. The maximum Gasteiger partial charge on any atom is 0.323 e. The topological polar surface area (TPSA) is 62.2 Å². The number of rotatable bonds is 7. The lowest BCUT2D eigenvalue weighted by Gasteiger charge is -2.24. The highest BCUT2D eigenvalue weighted by molar-refractivity contribution is 7.09. The minimum absolute atomic E-state index is 0.511. The summed E-state index contributed by atoms with van der Waals surface area (Å²) >= 11 is 1.64. The molecule has 4 nitrogen and oxygen atoms in total. The highest BCUT2D eigenvalue weighted by Crippen LogP contribution is 2.14. The van der Waals surface area contributed by atoms with Gasteiger partial charge in [-0.05, 0) is 26.2 Å². The van der Waals surface area contributed by atoms with E-state index in [-0.39, 0.29) is 0 Å². The second-order valence-corrected chi connectivity index (χ2v) is 5.27. The van der Waals surface area contributed by atoms with Crippen LogP contribution in [0.4, 0.5) is 0 Å². The highest BCUT2D eigenvalue weighted by atomic mass is 32.1. The first-order valence-corrected chi connectivity index (χ1v) is 6.81. The van der Waals surface area contributed by atoms with E-state index in [0.29, 0.717) is 13.0 Å². The predicted octanol–water partition coefficient (Wildman–Crippen LogP) is 2.44. The van der Waals surface area contributed by atoms with Crippen LogP contribution in [-0.2, 0) is 17.8 Å². The van der Waals surface area contributed by atoms with E-state index in [9.17, 15) is 4.79 Å². The normalized spacial score (nSPS) is 14.5. The van der Waals surface area contributed by atoms with E-state index in [1.54, 1.807) is 18.3 Å². The van der Waals surface area contributed by atoms with E-state index < -0.39 is 11.5 Å². The number of aryl methyl sites for hydroxylation is 1. The fourth-order valence-corrected chi connectivity index (χ4v) is 2.30. The second-order valence-electron chi connectivity index (χ2n) is 4.33. The van der Waals surface area contributed by atoms with Crippen molar-refractivity contribution in [1.82, 2.24) is 10.3 Å². The Balaban J connectivity index is 2.56. The maximum absolute atomic E-state index is 11.1. The highest BCUT2D eigenvalue weighted by Gasteiger charge is 2.30. The molecule has 1 aromatic rings. The van der Waals surface area contributed by atoms with Crippen molar-refractivity contribution in [2.45, 2.75) is 52.1 Å². The van der Waals surface area contributed by atoms with Crippen LogP contribution in [0.15, 0.2) is 5.38 Å². The number of aromatic nitrogens is 1. The number of aliphatic carboxylic acids is 1. The summed E-state index contributed by atoms with van der Waals surface area (Å²) in [6, 6.07) is 0. The SMILES string of the molecule is CCCc1nc(CNC(C)(CC)C(=O)O)cs1. The number of nitrogens with one attached hydrogen (secondary N) is 1. The summed E-state index contributed by atoms with van der Waals surface area (Å²) in [4.78, 5) is 15.6. The number of thiazole rings is 1. The fraction of sp³-hybridized carbons (Fsp3) is 0.667. The van der Waals surface area contributed by atoms with E-state index in [1.165, 1.54) is 0 Å². The molecule has 17 heavy (non-hydrogen) atoms. The van der Waals surface area contributed by atoms with E-state index >= 15 is 0 Å². The summed E-state index contributed by atoms with van der Waals surface area (Å²) in [6.07, 6.45) is 2.63. The Labute approximate surface area is 106 Å². The first-order valence-electron chi connectivity index (χ1n) is 5.93. The van der Waals surface area contributed by atoms with Crippen LogP contribution in [0.25, 0.3) is 0 Å². The Morgan fingerprint density at radius 2 is 2.29 bits per heavy atom. The maximum atomic E-state index is 11.1. The van der Waals surface area contributed by atoms with Crippen molar-refractivity contribution in [2.75, 3.05) is 0 Å². The first-order chi connectivity index (χ1) is 8.01. The zero-order valence-electron chi connectivity index (χ0n) is 10.6. The van der Waals surface area contributed by atoms with Crippen LogP contribution in [-0.4, -0.2) is 21.6 Å². The molecule has 0 spiro atoms. The van der Waals surface area contributed by atoms with Gasteiger partial charge in [0.25, 0.3) is 0 Å². The average molecular weight is 256 g/mol. The van der Waals surface area contributed by atoms with Crippen molar-refractivity contribution in [2.24, 2.45) is 0 Å². The van der Waals surface area contributed by atoms with Crippen LogP contribution in [0.5, 0.6) is 0 Å².